The number of carbonyl (C=O) groups is 1. The van der Waals surface area contributed by atoms with Gasteiger partial charge in [-0.2, -0.15) is 0 Å². The van der Waals surface area contributed by atoms with Gasteiger partial charge < -0.3 is 14.8 Å². The van der Waals surface area contributed by atoms with Crippen LogP contribution in [0.25, 0.3) is 0 Å². The summed E-state index contributed by atoms with van der Waals surface area (Å²) in [6.07, 6.45) is 1.42. The average Bonchev–Trinajstić information content (AvgIpc) is 2.26. The van der Waals surface area contributed by atoms with E-state index in [0.717, 1.165) is 0 Å². The van der Waals surface area contributed by atoms with E-state index in [4.69, 9.17) is 9.47 Å². The molecule has 0 radical (unpaired) electrons. The molecule has 0 aliphatic heterocycles. The Hall–Kier alpha value is -1.85. The minimum atomic E-state index is -0.322. The summed E-state index contributed by atoms with van der Waals surface area (Å²) in [5, 5.41) is 2.84. The van der Waals surface area contributed by atoms with Crippen molar-refractivity contribution in [3.05, 3.63) is 12.4 Å². The molecule has 1 aromatic heterocycles. The highest BCUT2D eigenvalue weighted by Gasteiger charge is 2.04. The van der Waals surface area contributed by atoms with Crippen LogP contribution in [0.2, 0.25) is 0 Å². The predicted molar refractivity (Wildman–Crippen MR) is 62.9 cm³/mol. The molecule has 1 N–H and O–H groups in total. The quantitative estimate of drug-likeness (QED) is 0.753. The van der Waals surface area contributed by atoms with Gasteiger partial charge in [0, 0.05) is 6.07 Å². The third-order valence-electron chi connectivity index (χ3n) is 1.72. The Morgan fingerprint density at radius 3 is 2.88 bits per heavy atom. The van der Waals surface area contributed by atoms with E-state index in [1.807, 2.05) is 13.8 Å². The summed E-state index contributed by atoms with van der Waals surface area (Å²) < 4.78 is 10.2. The molecule has 0 unspecified atom stereocenters. The van der Waals surface area contributed by atoms with Crippen LogP contribution in [0.3, 0.4) is 0 Å². The van der Waals surface area contributed by atoms with Gasteiger partial charge in [-0.1, -0.05) is 0 Å². The summed E-state index contributed by atoms with van der Waals surface area (Å²) in [4.78, 5) is 19.0. The summed E-state index contributed by atoms with van der Waals surface area (Å²) >= 11 is 0. The molecule has 6 heteroatoms. The molecule has 17 heavy (non-hydrogen) atoms. The number of carbonyl (C=O) groups excluding carboxylic acids is 1. The van der Waals surface area contributed by atoms with Crippen LogP contribution in [-0.2, 0) is 9.53 Å². The fourth-order valence-electron chi connectivity index (χ4n) is 1.12. The highest BCUT2D eigenvalue weighted by atomic mass is 16.5. The van der Waals surface area contributed by atoms with Crippen molar-refractivity contribution in [1.29, 1.82) is 0 Å². The molecule has 0 aromatic carbocycles. The molecular weight excluding hydrogens is 222 g/mol. The minimum absolute atomic E-state index is 0.0443. The first-order valence-electron chi connectivity index (χ1n) is 5.50. The number of aromatic nitrogens is 2. The number of ether oxygens (including phenoxy) is 2. The van der Waals surface area contributed by atoms with Gasteiger partial charge in [0.25, 0.3) is 0 Å². The van der Waals surface area contributed by atoms with E-state index >= 15 is 0 Å². The van der Waals surface area contributed by atoms with Crippen LogP contribution in [0.5, 0.6) is 5.88 Å². The van der Waals surface area contributed by atoms with Crippen molar-refractivity contribution in [3.8, 4) is 5.88 Å². The first kappa shape index (κ1) is 13.2. The molecule has 0 fully saturated rings. The normalized spacial score (nSPS) is 10.1. The standard InChI is InChI=1S/C11H17N3O3/c1-4-16-11(15)6-12-9-5-10(14-7-13-9)17-8(2)3/h5,7-8H,4,6H2,1-3H3,(H,12,13,14). The first-order chi connectivity index (χ1) is 8.11. The van der Waals surface area contributed by atoms with Gasteiger partial charge in [-0.15, -0.1) is 0 Å². The number of nitrogens with one attached hydrogen (secondary N) is 1. The Kier molecular flexibility index (Phi) is 5.19. The number of nitrogens with zero attached hydrogens (tertiary/aromatic N) is 2. The summed E-state index contributed by atoms with van der Waals surface area (Å²) in [6, 6.07) is 1.64. The van der Waals surface area contributed by atoms with Crippen LogP contribution in [0, 0.1) is 0 Å². The van der Waals surface area contributed by atoms with Gasteiger partial charge in [-0.3, -0.25) is 4.79 Å². The lowest BCUT2D eigenvalue weighted by Crippen LogP contribution is -2.17. The summed E-state index contributed by atoms with van der Waals surface area (Å²) in [5.41, 5.74) is 0. The van der Waals surface area contributed by atoms with Gasteiger partial charge >= 0.3 is 5.97 Å². The Morgan fingerprint density at radius 2 is 2.24 bits per heavy atom. The molecule has 0 aliphatic rings. The lowest BCUT2D eigenvalue weighted by atomic mass is 10.4. The van der Waals surface area contributed by atoms with E-state index in [9.17, 15) is 4.79 Å². The zero-order chi connectivity index (χ0) is 12.7. The topological polar surface area (TPSA) is 73.3 Å². The fraction of sp³-hybridized carbons (Fsp3) is 0.545. The number of esters is 1. The fourth-order valence-corrected chi connectivity index (χ4v) is 1.12. The summed E-state index contributed by atoms with van der Waals surface area (Å²) in [7, 11) is 0. The van der Waals surface area contributed by atoms with Crippen LogP contribution in [0.15, 0.2) is 12.4 Å². The minimum Gasteiger partial charge on any atom is -0.475 e. The van der Waals surface area contributed by atoms with Crippen LogP contribution >= 0.6 is 0 Å². The van der Waals surface area contributed by atoms with E-state index < -0.39 is 0 Å². The lowest BCUT2D eigenvalue weighted by Gasteiger charge is -2.09. The van der Waals surface area contributed by atoms with Crippen molar-refractivity contribution >= 4 is 11.8 Å². The maximum absolute atomic E-state index is 11.1. The molecule has 0 atom stereocenters. The number of rotatable bonds is 6. The van der Waals surface area contributed by atoms with Crippen LogP contribution < -0.4 is 10.1 Å². The van der Waals surface area contributed by atoms with Crippen molar-refractivity contribution < 1.29 is 14.3 Å². The third kappa shape index (κ3) is 5.14. The molecular formula is C11H17N3O3. The zero-order valence-electron chi connectivity index (χ0n) is 10.3. The highest BCUT2D eigenvalue weighted by Crippen LogP contribution is 2.12. The van der Waals surface area contributed by atoms with Gasteiger partial charge in [-0.05, 0) is 20.8 Å². The van der Waals surface area contributed by atoms with Crippen LogP contribution in [-0.4, -0.2) is 35.2 Å². The Bertz CT molecular complexity index is 369. The van der Waals surface area contributed by atoms with Crippen molar-refractivity contribution in [3.63, 3.8) is 0 Å². The molecule has 1 rings (SSSR count). The van der Waals surface area contributed by atoms with E-state index in [0.29, 0.717) is 18.3 Å². The molecule has 0 spiro atoms. The average molecular weight is 239 g/mol. The molecule has 94 valence electrons. The largest absolute Gasteiger partial charge is 0.475 e. The number of hydrogen-bond donors (Lipinski definition) is 1. The maximum atomic E-state index is 11.1. The van der Waals surface area contributed by atoms with Crippen molar-refractivity contribution in [2.24, 2.45) is 0 Å². The highest BCUT2D eigenvalue weighted by molar-refractivity contribution is 5.74. The molecule has 0 aliphatic carbocycles. The third-order valence-corrected chi connectivity index (χ3v) is 1.72. The monoisotopic (exact) mass is 239 g/mol. The van der Waals surface area contributed by atoms with Gasteiger partial charge in [0.1, 0.15) is 18.7 Å². The second-order valence-electron chi connectivity index (χ2n) is 3.57. The number of anilines is 1. The Morgan fingerprint density at radius 1 is 1.47 bits per heavy atom. The van der Waals surface area contributed by atoms with Crippen molar-refractivity contribution in [1.82, 2.24) is 9.97 Å². The van der Waals surface area contributed by atoms with E-state index in [-0.39, 0.29) is 18.6 Å². The summed E-state index contributed by atoms with van der Waals surface area (Å²) in [5.74, 6) is 0.683. The smallest absolute Gasteiger partial charge is 0.325 e. The van der Waals surface area contributed by atoms with E-state index in [1.54, 1.807) is 13.0 Å². The van der Waals surface area contributed by atoms with Gasteiger partial charge in [-0.25, -0.2) is 9.97 Å². The van der Waals surface area contributed by atoms with E-state index in [1.165, 1.54) is 6.33 Å². The van der Waals surface area contributed by atoms with Crippen molar-refractivity contribution in [2.75, 3.05) is 18.5 Å². The second kappa shape index (κ2) is 6.67. The maximum Gasteiger partial charge on any atom is 0.325 e. The Balaban J connectivity index is 2.51. The molecule has 0 saturated heterocycles. The predicted octanol–water partition coefficient (Wildman–Crippen LogP) is 1.24. The molecule has 0 saturated carbocycles. The summed E-state index contributed by atoms with van der Waals surface area (Å²) in [6.45, 7) is 6.02. The van der Waals surface area contributed by atoms with Gasteiger partial charge in [0.2, 0.25) is 5.88 Å². The van der Waals surface area contributed by atoms with Gasteiger partial charge in [0.15, 0.2) is 0 Å². The molecule has 0 amide bonds. The van der Waals surface area contributed by atoms with E-state index in [2.05, 4.69) is 15.3 Å². The molecule has 1 aromatic rings. The lowest BCUT2D eigenvalue weighted by molar-refractivity contribution is -0.140. The van der Waals surface area contributed by atoms with Crippen LogP contribution in [0.1, 0.15) is 20.8 Å². The molecule has 0 bridgehead atoms. The SMILES string of the molecule is CCOC(=O)CNc1cc(OC(C)C)ncn1. The second-order valence-corrected chi connectivity index (χ2v) is 3.57. The Labute approximate surface area is 100 Å². The number of hydrogen-bond acceptors (Lipinski definition) is 6. The first-order valence-corrected chi connectivity index (χ1v) is 5.50. The van der Waals surface area contributed by atoms with Crippen LogP contribution in [0.4, 0.5) is 5.82 Å². The molecule has 1 heterocycles. The van der Waals surface area contributed by atoms with Gasteiger partial charge in [0.05, 0.1) is 12.7 Å². The molecule has 6 nitrogen and oxygen atoms in total. The van der Waals surface area contributed by atoms with Crippen molar-refractivity contribution in [2.45, 2.75) is 26.9 Å². The zero-order valence-corrected chi connectivity index (χ0v) is 10.3.